The van der Waals surface area contributed by atoms with Crippen LogP contribution in [0.3, 0.4) is 0 Å². The number of nitro groups is 1. The maximum absolute atomic E-state index is 13.1. The topological polar surface area (TPSA) is 91.1 Å². The monoisotopic (exact) mass is 374 g/mol. The smallest absolute Gasteiger partial charge is 0.327 e. The third-order valence-electron chi connectivity index (χ3n) is 4.46. The molecule has 1 amide bonds. The summed E-state index contributed by atoms with van der Waals surface area (Å²) < 4.78 is 15.6. The molecule has 0 aliphatic rings. The molecule has 0 heterocycles. The van der Waals surface area contributed by atoms with E-state index in [-0.39, 0.29) is 22.8 Å². The molecule has 0 fully saturated rings. The van der Waals surface area contributed by atoms with Gasteiger partial charge in [0.25, 0.3) is 5.91 Å². The Kier molecular flexibility index (Phi) is 5.89. The second-order valence-electron chi connectivity index (χ2n) is 5.88. The molecule has 0 aromatic heterocycles. The Hall–Kier alpha value is -3.29. The zero-order valence-electron chi connectivity index (χ0n) is 16.2. The summed E-state index contributed by atoms with van der Waals surface area (Å²) >= 11 is 0. The fraction of sp³-hybridized carbons (Fsp3) is 0.316. The minimum Gasteiger partial charge on any atom is -0.493 e. The number of amides is 1. The van der Waals surface area contributed by atoms with Gasteiger partial charge in [-0.3, -0.25) is 14.9 Å². The first-order valence-corrected chi connectivity index (χ1v) is 8.10. The molecular weight excluding hydrogens is 352 g/mol. The number of rotatable bonds is 6. The Labute approximate surface area is 157 Å². The van der Waals surface area contributed by atoms with Crippen LogP contribution in [0.5, 0.6) is 17.2 Å². The maximum Gasteiger partial charge on any atom is 0.327 e. The average molecular weight is 374 g/mol. The van der Waals surface area contributed by atoms with E-state index >= 15 is 0 Å². The number of benzene rings is 2. The molecule has 0 radical (unpaired) electrons. The fourth-order valence-corrected chi connectivity index (χ4v) is 2.87. The summed E-state index contributed by atoms with van der Waals surface area (Å²) in [4.78, 5) is 25.6. The van der Waals surface area contributed by atoms with Crippen molar-refractivity contribution in [3.05, 3.63) is 51.1 Å². The van der Waals surface area contributed by atoms with Gasteiger partial charge in [-0.05, 0) is 31.0 Å². The lowest BCUT2D eigenvalue weighted by molar-refractivity contribution is -0.386. The fourth-order valence-electron chi connectivity index (χ4n) is 2.87. The van der Waals surface area contributed by atoms with Crippen LogP contribution in [-0.4, -0.2) is 39.2 Å². The van der Waals surface area contributed by atoms with Crippen molar-refractivity contribution in [2.45, 2.75) is 13.8 Å². The Morgan fingerprint density at radius 3 is 2.22 bits per heavy atom. The summed E-state index contributed by atoms with van der Waals surface area (Å²) in [6.07, 6.45) is 0. The predicted molar refractivity (Wildman–Crippen MR) is 101 cm³/mol. The summed E-state index contributed by atoms with van der Waals surface area (Å²) in [5, 5.41) is 11.7. The van der Waals surface area contributed by atoms with Gasteiger partial charge in [0.05, 0.1) is 26.3 Å². The lowest BCUT2D eigenvalue weighted by Crippen LogP contribution is -2.28. The van der Waals surface area contributed by atoms with Gasteiger partial charge in [0.15, 0.2) is 5.75 Å². The molecule has 2 rings (SSSR count). The van der Waals surface area contributed by atoms with E-state index in [2.05, 4.69) is 0 Å². The number of anilines is 1. The molecule has 0 atom stereocenters. The molecule has 0 unspecified atom stereocenters. The summed E-state index contributed by atoms with van der Waals surface area (Å²) in [6, 6.07) is 6.83. The molecular formula is C19H22N2O6. The van der Waals surface area contributed by atoms with Crippen LogP contribution >= 0.6 is 0 Å². The molecule has 2 aromatic carbocycles. The van der Waals surface area contributed by atoms with Gasteiger partial charge < -0.3 is 19.1 Å². The third kappa shape index (κ3) is 3.51. The van der Waals surface area contributed by atoms with Gasteiger partial charge in [-0.2, -0.15) is 0 Å². The molecule has 0 N–H and O–H groups in total. The maximum atomic E-state index is 13.1. The van der Waals surface area contributed by atoms with Crippen molar-refractivity contribution in [2.75, 3.05) is 33.3 Å². The van der Waals surface area contributed by atoms with Gasteiger partial charge in [-0.15, -0.1) is 0 Å². The number of aryl methyl sites for hydroxylation is 1. The molecule has 8 nitrogen and oxygen atoms in total. The molecule has 0 bridgehead atoms. The van der Waals surface area contributed by atoms with Crippen molar-refractivity contribution in [2.24, 2.45) is 0 Å². The minimum atomic E-state index is -0.662. The van der Waals surface area contributed by atoms with E-state index in [0.717, 1.165) is 11.1 Å². The second-order valence-corrected chi connectivity index (χ2v) is 5.88. The Morgan fingerprint density at radius 2 is 1.70 bits per heavy atom. The third-order valence-corrected chi connectivity index (χ3v) is 4.46. The second kappa shape index (κ2) is 7.94. The normalized spacial score (nSPS) is 10.3. The number of nitro benzene ring substituents is 1. The van der Waals surface area contributed by atoms with Crippen molar-refractivity contribution >= 4 is 17.3 Å². The van der Waals surface area contributed by atoms with Gasteiger partial charge >= 0.3 is 5.69 Å². The molecule has 0 aliphatic carbocycles. The largest absolute Gasteiger partial charge is 0.493 e. The number of hydrogen-bond acceptors (Lipinski definition) is 6. The van der Waals surface area contributed by atoms with Crippen LogP contribution < -0.4 is 19.1 Å². The van der Waals surface area contributed by atoms with E-state index in [0.29, 0.717) is 5.69 Å². The average Bonchev–Trinajstić information content (AvgIpc) is 2.66. The zero-order chi connectivity index (χ0) is 20.3. The van der Waals surface area contributed by atoms with Gasteiger partial charge in [0, 0.05) is 18.8 Å². The summed E-state index contributed by atoms with van der Waals surface area (Å²) in [7, 11) is 5.56. The van der Waals surface area contributed by atoms with Crippen molar-refractivity contribution in [1.29, 1.82) is 0 Å². The van der Waals surface area contributed by atoms with Crippen LogP contribution in [0.1, 0.15) is 21.5 Å². The Balaban J connectivity index is 2.71. The number of hydrogen-bond donors (Lipinski definition) is 0. The van der Waals surface area contributed by atoms with Gasteiger partial charge in [0.2, 0.25) is 11.5 Å². The predicted octanol–water partition coefficient (Wildman–Crippen LogP) is 3.51. The van der Waals surface area contributed by atoms with Crippen LogP contribution in [0.15, 0.2) is 24.3 Å². The highest BCUT2D eigenvalue weighted by molar-refractivity contribution is 6.10. The number of ether oxygens (including phenoxy) is 3. The SMILES string of the molecule is COc1cc(C(=O)N(C)c2cccc(C)c2C)c([N+](=O)[O-])c(OC)c1OC. The quantitative estimate of drug-likeness (QED) is 0.568. The first kappa shape index (κ1) is 20.0. The highest BCUT2D eigenvalue weighted by atomic mass is 16.6. The molecule has 0 spiro atoms. The number of methoxy groups -OCH3 is 3. The lowest BCUT2D eigenvalue weighted by Gasteiger charge is -2.22. The van der Waals surface area contributed by atoms with Gasteiger partial charge in [0.1, 0.15) is 5.56 Å². The standard InChI is InChI=1S/C19H22N2O6/c1-11-8-7-9-14(12(11)2)20(3)19(22)13-10-15(25-4)17(26-5)18(27-6)16(13)21(23)24/h7-10H,1-6H3. The van der Waals surface area contributed by atoms with Crippen molar-refractivity contribution in [3.63, 3.8) is 0 Å². The first-order chi connectivity index (χ1) is 12.8. The van der Waals surface area contributed by atoms with E-state index in [1.54, 1.807) is 13.1 Å². The van der Waals surface area contributed by atoms with Crippen molar-refractivity contribution < 1.29 is 23.9 Å². The van der Waals surface area contributed by atoms with Crippen molar-refractivity contribution in [3.8, 4) is 17.2 Å². The van der Waals surface area contributed by atoms with E-state index in [9.17, 15) is 14.9 Å². The summed E-state index contributed by atoms with van der Waals surface area (Å²) in [5.41, 5.74) is 1.94. The molecule has 0 aliphatic heterocycles. The van der Waals surface area contributed by atoms with Crippen LogP contribution in [0, 0.1) is 24.0 Å². The van der Waals surface area contributed by atoms with Crippen LogP contribution in [0.25, 0.3) is 0 Å². The van der Waals surface area contributed by atoms with Crippen molar-refractivity contribution in [1.82, 2.24) is 0 Å². The summed E-state index contributed by atoms with van der Waals surface area (Å²) in [5.74, 6) is -0.510. The number of carbonyl (C=O) groups excluding carboxylic acids is 1. The number of carbonyl (C=O) groups is 1. The molecule has 8 heteroatoms. The Bertz CT molecular complexity index is 894. The van der Waals surface area contributed by atoms with Gasteiger partial charge in [-0.25, -0.2) is 0 Å². The van der Waals surface area contributed by atoms with Gasteiger partial charge in [-0.1, -0.05) is 12.1 Å². The van der Waals surface area contributed by atoms with E-state index in [1.165, 1.54) is 32.3 Å². The van der Waals surface area contributed by atoms with Crippen LogP contribution in [0.4, 0.5) is 11.4 Å². The van der Waals surface area contributed by atoms with Crippen LogP contribution in [0.2, 0.25) is 0 Å². The molecule has 2 aromatic rings. The van der Waals surface area contributed by atoms with E-state index in [1.807, 2.05) is 26.0 Å². The molecule has 27 heavy (non-hydrogen) atoms. The minimum absolute atomic E-state index is 0.0534. The molecule has 144 valence electrons. The Morgan fingerprint density at radius 1 is 1.07 bits per heavy atom. The van der Waals surface area contributed by atoms with Crippen LogP contribution in [-0.2, 0) is 0 Å². The lowest BCUT2D eigenvalue weighted by atomic mass is 10.1. The zero-order valence-corrected chi connectivity index (χ0v) is 16.2. The van der Waals surface area contributed by atoms with E-state index in [4.69, 9.17) is 14.2 Å². The molecule has 0 saturated heterocycles. The first-order valence-electron chi connectivity index (χ1n) is 8.10. The van der Waals surface area contributed by atoms with E-state index < -0.39 is 16.5 Å². The highest BCUT2D eigenvalue weighted by Crippen LogP contribution is 2.46. The number of nitrogens with zero attached hydrogens (tertiary/aromatic N) is 2. The molecule has 0 saturated carbocycles. The highest BCUT2D eigenvalue weighted by Gasteiger charge is 2.34. The summed E-state index contributed by atoms with van der Waals surface area (Å²) in [6.45, 7) is 3.82.